The van der Waals surface area contributed by atoms with E-state index in [1.54, 1.807) is 48.5 Å². The van der Waals surface area contributed by atoms with Crippen LogP contribution in [0.1, 0.15) is 100 Å². The molecule has 0 heterocycles. The molecule has 0 aliphatic rings. The molecule has 0 amide bonds. The van der Waals surface area contributed by atoms with E-state index in [9.17, 15) is 24.3 Å². The Morgan fingerprint density at radius 2 is 1.31 bits per heavy atom. The molecule has 1 aromatic rings. The maximum Gasteiger partial charge on any atom is 0.514 e. The van der Waals surface area contributed by atoms with Crippen LogP contribution >= 0.6 is 0 Å². The molecule has 0 bridgehead atoms. The second kappa shape index (κ2) is 15.2. The lowest BCUT2D eigenvalue weighted by molar-refractivity contribution is -0.157. The van der Waals surface area contributed by atoms with Crippen molar-refractivity contribution in [3.05, 3.63) is 23.8 Å². The highest BCUT2D eigenvalue weighted by Gasteiger charge is 2.37. The number of benzene rings is 1. The highest BCUT2D eigenvalue weighted by Crippen LogP contribution is 2.38. The molecule has 1 rings (SSSR count). The summed E-state index contributed by atoms with van der Waals surface area (Å²) in [4.78, 5) is 50.0. The van der Waals surface area contributed by atoms with Gasteiger partial charge in [-0.05, 0) is 71.1 Å². The minimum atomic E-state index is -1.41. The van der Waals surface area contributed by atoms with Crippen LogP contribution in [-0.4, -0.2) is 52.7 Å². The zero-order chi connectivity index (χ0) is 32.6. The molecule has 11 nitrogen and oxygen atoms in total. The van der Waals surface area contributed by atoms with E-state index >= 15 is 0 Å². The van der Waals surface area contributed by atoms with E-state index in [1.807, 2.05) is 27.7 Å². The summed E-state index contributed by atoms with van der Waals surface area (Å²) in [5.41, 5.74) is 4.85. The lowest BCUT2D eigenvalue weighted by Crippen LogP contribution is -2.43. The zero-order valence-electron chi connectivity index (χ0n) is 26.8. The summed E-state index contributed by atoms with van der Waals surface area (Å²) >= 11 is 0. The lowest BCUT2D eigenvalue weighted by Gasteiger charge is -2.32. The van der Waals surface area contributed by atoms with E-state index in [2.05, 4.69) is 0 Å². The minimum Gasteiger partial charge on any atom is -0.480 e. The summed E-state index contributed by atoms with van der Waals surface area (Å²) in [5.74, 6) is -3.83. The van der Waals surface area contributed by atoms with Crippen LogP contribution in [0.15, 0.2) is 18.2 Å². The third-order valence-electron chi connectivity index (χ3n) is 7.81. The zero-order valence-corrected chi connectivity index (χ0v) is 26.8. The van der Waals surface area contributed by atoms with Gasteiger partial charge < -0.3 is 34.5 Å². The van der Waals surface area contributed by atoms with Gasteiger partial charge in [0, 0.05) is 11.8 Å². The Bertz CT molecular complexity index is 1100. The Labute approximate surface area is 249 Å². The van der Waals surface area contributed by atoms with Gasteiger partial charge in [0.1, 0.15) is 23.3 Å². The van der Waals surface area contributed by atoms with E-state index in [1.165, 1.54) is 18.2 Å². The van der Waals surface area contributed by atoms with Crippen LogP contribution in [0.25, 0.3) is 0 Å². The lowest BCUT2D eigenvalue weighted by atomic mass is 9.79. The molecule has 1 aromatic carbocycles. The predicted octanol–water partition coefficient (Wildman–Crippen LogP) is 6.45. The van der Waals surface area contributed by atoms with Gasteiger partial charge in [0.15, 0.2) is 11.5 Å². The molecule has 0 radical (unpaired) electrons. The number of hydrogen-bond donors (Lipinski definition) is 2. The number of esters is 1. The van der Waals surface area contributed by atoms with Crippen LogP contribution in [0, 0.1) is 17.8 Å². The summed E-state index contributed by atoms with van der Waals surface area (Å²) in [6.45, 7) is 19.5. The SMILES string of the molecule is CCC(C)(C)OC(=O)Oc1ccc(C(C(C)C(C)OC(=O)C(C)C(C)C)[C@H](N)C(=O)O)cc1OC(=O)OC(C)(C)CC. The van der Waals surface area contributed by atoms with Crippen LogP contribution in [-0.2, 0) is 23.8 Å². The number of carbonyl (C=O) groups excluding carboxylic acids is 3. The number of ether oxygens (including phenoxy) is 5. The highest BCUT2D eigenvalue weighted by atomic mass is 16.8. The topological polar surface area (TPSA) is 161 Å². The molecule has 11 heteroatoms. The normalized spacial score (nSPS) is 15.5. The van der Waals surface area contributed by atoms with Crippen molar-refractivity contribution in [2.45, 2.75) is 118 Å². The van der Waals surface area contributed by atoms with Crippen molar-refractivity contribution in [1.29, 1.82) is 0 Å². The molecule has 42 heavy (non-hydrogen) atoms. The van der Waals surface area contributed by atoms with Crippen LogP contribution in [0.5, 0.6) is 11.5 Å². The van der Waals surface area contributed by atoms with E-state index < -0.39 is 59.4 Å². The molecular formula is C31H49NO10. The third kappa shape index (κ3) is 10.8. The molecule has 5 atom stereocenters. The number of hydrogen-bond acceptors (Lipinski definition) is 10. The fraction of sp³-hybridized carbons (Fsp3) is 0.677. The Morgan fingerprint density at radius 3 is 1.74 bits per heavy atom. The van der Waals surface area contributed by atoms with Gasteiger partial charge in [-0.25, -0.2) is 9.59 Å². The maximum absolute atomic E-state index is 12.7. The van der Waals surface area contributed by atoms with Gasteiger partial charge >= 0.3 is 24.2 Å². The molecule has 0 aromatic heterocycles. The van der Waals surface area contributed by atoms with Gasteiger partial charge in [0.05, 0.1) is 5.92 Å². The van der Waals surface area contributed by atoms with Crippen molar-refractivity contribution < 1.29 is 48.0 Å². The first-order chi connectivity index (χ1) is 19.2. The first kappa shape index (κ1) is 36.7. The van der Waals surface area contributed by atoms with E-state index in [0.29, 0.717) is 18.4 Å². The van der Waals surface area contributed by atoms with Crippen LogP contribution in [0.2, 0.25) is 0 Å². The monoisotopic (exact) mass is 595 g/mol. The first-order valence-corrected chi connectivity index (χ1v) is 14.4. The molecular weight excluding hydrogens is 546 g/mol. The van der Waals surface area contributed by atoms with E-state index in [4.69, 9.17) is 29.4 Å². The molecule has 0 aliphatic heterocycles. The number of rotatable bonds is 14. The number of aliphatic carboxylic acids is 1. The van der Waals surface area contributed by atoms with Gasteiger partial charge in [-0.15, -0.1) is 0 Å². The quantitative estimate of drug-likeness (QED) is 0.138. The molecule has 238 valence electrons. The standard InChI is InChI=1S/C31H49NO10/c1-12-30(8,9)41-28(36)39-22-15-14-21(16-23(22)40-29(37)42-31(10,11)13-2)24(25(32)26(33)34)19(6)20(7)38-27(35)18(5)17(3)4/h14-20,24-25H,12-13,32H2,1-11H3,(H,33,34)/t18?,19?,20?,24?,25-/m0/s1. The molecule has 3 N–H and O–H groups in total. The van der Waals surface area contributed by atoms with Gasteiger partial charge in [0.25, 0.3) is 0 Å². The van der Waals surface area contributed by atoms with Gasteiger partial charge in [-0.1, -0.05) is 47.6 Å². The van der Waals surface area contributed by atoms with Crippen molar-refractivity contribution in [2.75, 3.05) is 0 Å². The van der Waals surface area contributed by atoms with Crippen LogP contribution in [0.3, 0.4) is 0 Å². The minimum absolute atomic E-state index is 0.0522. The average molecular weight is 596 g/mol. The molecule has 4 unspecified atom stereocenters. The fourth-order valence-electron chi connectivity index (χ4n) is 3.67. The Hall–Kier alpha value is -3.34. The smallest absolute Gasteiger partial charge is 0.480 e. The molecule has 0 fully saturated rings. The Morgan fingerprint density at radius 1 is 0.833 bits per heavy atom. The number of carboxylic acid groups (broad SMARTS) is 1. The summed E-state index contributed by atoms with van der Waals surface area (Å²) < 4.78 is 27.3. The van der Waals surface area contributed by atoms with Crippen molar-refractivity contribution in [1.82, 2.24) is 0 Å². The summed E-state index contributed by atoms with van der Waals surface area (Å²) in [6, 6.07) is 2.82. The average Bonchev–Trinajstić information content (AvgIpc) is 2.88. The maximum atomic E-state index is 12.7. The number of carboxylic acids is 1. The Balaban J connectivity index is 3.54. The van der Waals surface area contributed by atoms with E-state index in [0.717, 1.165) is 0 Å². The summed E-state index contributed by atoms with van der Waals surface area (Å²) in [5, 5.41) is 9.84. The Kier molecular flexibility index (Phi) is 13.3. The summed E-state index contributed by atoms with van der Waals surface area (Å²) in [7, 11) is 0. The van der Waals surface area contributed by atoms with Crippen LogP contribution < -0.4 is 15.2 Å². The fourth-order valence-corrected chi connectivity index (χ4v) is 3.67. The van der Waals surface area contributed by atoms with Gasteiger partial charge in [-0.2, -0.15) is 0 Å². The van der Waals surface area contributed by atoms with Crippen LogP contribution in [0.4, 0.5) is 9.59 Å². The molecule has 0 saturated carbocycles. The largest absolute Gasteiger partial charge is 0.514 e. The van der Waals surface area contributed by atoms with Crippen molar-refractivity contribution in [3.8, 4) is 11.5 Å². The predicted molar refractivity (Wildman–Crippen MR) is 156 cm³/mol. The van der Waals surface area contributed by atoms with Gasteiger partial charge in [0.2, 0.25) is 0 Å². The first-order valence-electron chi connectivity index (χ1n) is 14.4. The third-order valence-corrected chi connectivity index (χ3v) is 7.81. The van der Waals surface area contributed by atoms with E-state index in [-0.39, 0.29) is 23.3 Å². The second-order valence-corrected chi connectivity index (χ2v) is 12.3. The van der Waals surface area contributed by atoms with Crippen molar-refractivity contribution in [2.24, 2.45) is 23.5 Å². The highest BCUT2D eigenvalue weighted by molar-refractivity contribution is 5.75. The summed E-state index contributed by atoms with van der Waals surface area (Å²) in [6.07, 6.45) is -1.76. The number of carbonyl (C=O) groups is 4. The van der Waals surface area contributed by atoms with Gasteiger partial charge in [-0.3, -0.25) is 9.59 Å². The second-order valence-electron chi connectivity index (χ2n) is 12.3. The number of nitrogens with two attached hydrogens (primary N) is 1. The molecule has 0 saturated heterocycles. The molecule has 0 spiro atoms. The molecule has 0 aliphatic carbocycles. The van der Waals surface area contributed by atoms with Crippen molar-refractivity contribution >= 4 is 24.2 Å². The van der Waals surface area contributed by atoms with Crippen molar-refractivity contribution in [3.63, 3.8) is 0 Å².